The summed E-state index contributed by atoms with van der Waals surface area (Å²) < 4.78 is 18.1. The maximum atomic E-state index is 13.2. The minimum atomic E-state index is -0.781. The highest BCUT2D eigenvalue weighted by Crippen LogP contribution is 2.37. The number of ether oxygens (including phenoxy) is 1. The average Bonchev–Trinajstić information content (AvgIpc) is 2.89. The first kappa shape index (κ1) is 16.1. The van der Waals surface area contributed by atoms with Crippen molar-refractivity contribution in [1.82, 2.24) is 5.32 Å². The normalized spacial score (nSPS) is 16.2. The lowest BCUT2D eigenvalue weighted by Gasteiger charge is -2.24. The number of anilines is 1. The van der Waals surface area contributed by atoms with Crippen LogP contribution in [0.3, 0.4) is 0 Å². The monoisotopic (exact) mass is 328 g/mol. The van der Waals surface area contributed by atoms with Gasteiger partial charge in [0.1, 0.15) is 11.9 Å². The van der Waals surface area contributed by atoms with Crippen molar-refractivity contribution in [2.24, 2.45) is 0 Å². The van der Waals surface area contributed by atoms with Crippen LogP contribution in [0.5, 0.6) is 0 Å². The number of rotatable bonds is 5. The Kier molecular flexibility index (Phi) is 4.57. The van der Waals surface area contributed by atoms with Gasteiger partial charge in [0.15, 0.2) is 0 Å². The highest BCUT2D eigenvalue weighted by Gasteiger charge is 2.41. The van der Waals surface area contributed by atoms with Crippen LogP contribution in [-0.4, -0.2) is 32.1 Å². The summed E-state index contributed by atoms with van der Waals surface area (Å²) >= 11 is 0. The SMILES string of the molecule is COCCNC(=O)C1c2ccccc2C(=O)N1c1ccc(F)cc1. The fourth-order valence-corrected chi connectivity index (χ4v) is 2.82. The third kappa shape index (κ3) is 2.88. The molecule has 0 saturated heterocycles. The van der Waals surface area contributed by atoms with E-state index in [2.05, 4.69) is 5.32 Å². The Hall–Kier alpha value is -2.73. The van der Waals surface area contributed by atoms with Crippen molar-refractivity contribution in [1.29, 1.82) is 0 Å². The standard InChI is InChI=1S/C18H17FN2O3/c1-24-11-10-20-17(22)16-14-4-2-3-5-15(14)18(23)21(16)13-8-6-12(19)7-9-13/h2-9,16H,10-11H2,1H3,(H,20,22). The van der Waals surface area contributed by atoms with Gasteiger partial charge in [-0.1, -0.05) is 18.2 Å². The lowest BCUT2D eigenvalue weighted by atomic mass is 10.0. The quantitative estimate of drug-likeness (QED) is 0.857. The number of hydrogen-bond donors (Lipinski definition) is 1. The van der Waals surface area contributed by atoms with Crippen LogP contribution >= 0.6 is 0 Å². The number of fused-ring (bicyclic) bond motifs is 1. The third-order valence-electron chi connectivity index (χ3n) is 3.92. The Morgan fingerprint density at radius 2 is 1.92 bits per heavy atom. The average molecular weight is 328 g/mol. The molecule has 1 heterocycles. The minimum absolute atomic E-state index is 0.274. The number of amides is 2. The number of nitrogens with zero attached hydrogens (tertiary/aromatic N) is 1. The van der Waals surface area contributed by atoms with Gasteiger partial charge >= 0.3 is 0 Å². The van der Waals surface area contributed by atoms with E-state index in [0.717, 1.165) is 0 Å². The smallest absolute Gasteiger partial charge is 0.259 e. The van der Waals surface area contributed by atoms with E-state index in [1.165, 1.54) is 29.2 Å². The number of benzene rings is 2. The van der Waals surface area contributed by atoms with Crippen molar-refractivity contribution in [2.45, 2.75) is 6.04 Å². The summed E-state index contributed by atoms with van der Waals surface area (Å²) in [5.41, 5.74) is 1.60. The van der Waals surface area contributed by atoms with Crippen molar-refractivity contribution in [3.8, 4) is 0 Å². The summed E-state index contributed by atoms with van der Waals surface area (Å²) in [5.74, 6) is -0.970. The molecule has 124 valence electrons. The lowest BCUT2D eigenvalue weighted by molar-refractivity contribution is -0.122. The molecule has 1 atom stereocenters. The van der Waals surface area contributed by atoms with Crippen molar-refractivity contribution in [2.75, 3.05) is 25.2 Å². The zero-order valence-corrected chi connectivity index (χ0v) is 13.2. The molecule has 0 fully saturated rings. The van der Waals surface area contributed by atoms with Crippen LogP contribution in [0.2, 0.25) is 0 Å². The summed E-state index contributed by atoms with van der Waals surface area (Å²) in [4.78, 5) is 26.8. The van der Waals surface area contributed by atoms with E-state index in [9.17, 15) is 14.0 Å². The summed E-state index contributed by atoms with van der Waals surface area (Å²) in [6.07, 6.45) is 0. The molecule has 0 bridgehead atoms. The highest BCUT2D eigenvalue weighted by molar-refractivity contribution is 6.15. The molecule has 0 spiro atoms. The van der Waals surface area contributed by atoms with Gasteiger partial charge in [0.05, 0.1) is 6.61 Å². The van der Waals surface area contributed by atoms with Crippen LogP contribution < -0.4 is 10.2 Å². The van der Waals surface area contributed by atoms with Gasteiger partial charge < -0.3 is 10.1 Å². The number of carbonyl (C=O) groups excluding carboxylic acids is 2. The zero-order chi connectivity index (χ0) is 17.1. The molecule has 6 heteroatoms. The van der Waals surface area contributed by atoms with Crippen LogP contribution in [0, 0.1) is 5.82 Å². The zero-order valence-electron chi connectivity index (χ0n) is 13.2. The van der Waals surface area contributed by atoms with Crippen molar-refractivity contribution >= 4 is 17.5 Å². The second kappa shape index (κ2) is 6.80. The number of methoxy groups -OCH3 is 1. The number of nitrogens with one attached hydrogen (secondary N) is 1. The molecule has 1 aliphatic rings. The fourth-order valence-electron chi connectivity index (χ4n) is 2.82. The van der Waals surface area contributed by atoms with Gasteiger partial charge in [0.25, 0.3) is 5.91 Å². The van der Waals surface area contributed by atoms with E-state index in [1.54, 1.807) is 31.4 Å². The van der Waals surface area contributed by atoms with Gasteiger partial charge in [-0.15, -0.1) is 0 Å². The van der Waals surface area contributed by atoms with E-state index in [-0.39, 0.29) is 11.8 Å². The number of halogens is 1. The highest BCUT2D eigenvalue weighted by atomic mass is 19.1. The Morgan fingerprint density at radius 1 is 1.21 bits per heavy atom. The number of carbonyl (C=O) groups is 2. The Morgan fingerprint density at radius 3 is 2.62 bits per heavy atom. The lowest BCUT2D eigenvalue weighted by Crippen LogP contribution is -2.40. The van der Waals surface area contributed by atoms with Gasteiger partial charge in [-0.3, -0.25) is 14.5 Å². The van der Waals surface area contributed by atoms with Crippen molar-refractivity contribution < 1.29 is 18.7 Å². The largest absolute Gasteiger partial charge is 0.383 e. The van der Waals surface area contributed by atoms with Crippen LogP contribution in [0.1, 0.15) is 22.0 Å². The van der Waals surface area contributed by atoms with Crippen LogP contribution in [0.4, 0.5) is 10.1 Å². The number of hydrogen-bond acceptors (Lipinski definition) is 3. The topological polar surface area (TPSA) is 58.6 Å². The van der Waals surface area contributed by atoms with Gasteiger partial charge in [0.2, 0.25) is 5.91 Å². The third-order valence-corrected chi connectivity index (χ3v) is 3.92. The van der Waals surface area contributed by atoms with Crippen molar-refractivity contribution in [3.05, 3.63) is 65.5 Å². The molecule has 1 aliphatic heterocycles. The van der Waals surface area contributed by atoms with Gasteiger partial charge in [-0.05, 0) is 35.9 Å². The van der Waals surface area contributed by atoms with E-state index in [0.29, 0.717) is 30.0 Å². The second-order valence-corrected chi connectivity index (χ2v) is 5.43. The molecule has 1 unspecified atom stereocenters. The first-order chi connectivity index (χ1) is 11.6. The molecule has 2 aromatic rings. The molecule has 0 aliphatic carbocycles. The predicted molar refractivity (Wildman–Crippen MR) is 87.3 cm³/mol. The molecular weight excluding hydrogens is 311 g/mol. The molecule has 24 heavy (non-hydrogen) atoms. The minimum Gasteiger partial charge on any atom is -0.383 e. The molecule has 5 nitrogen and oxygen atoms in total. The second-order valence-electron chi connectivity index (χ2n) is 5.43. The maximum absolute atomic E-state index is 13.2. The van der Waals surface area contributed by atoms with Crippen LogP contribution in [-0.2, 0) is 9.53 Å². The molecule has 2 amide bonds. The Bertz CT molecular complexity index is 761. The fraction of sp³-hybridized carbons (Fsp3) is 0.222. The Balaban J connectivity index is 1.98. The molecule has 2 aromatic carbocycles. The molecular formula is C18H17FN2O3. The summed E-state index contributed by atoms with van der Waals surface area (Å²) in [5, 5.41) is 2.77. The summed E-state index contributed by atoms with van der Waals surface area (Å²) in [6, 6.07) is 11.7. The molecule has 0 radical (unpaired) electrons. The Labute approximate surface area is 139 Å². The first-order valence-electron chi connectivity index (χ1n) is 7.58. The van der Waals surface area contributed by atoms with E-state index >= 15 is 0 Å². The molecule has 1 N–H and O–H groups in total. The molecule has 3 rings (SSSR count). The van der Waals surface area contributed by atoms with Crippen LogP contribution in [0.15, 0.2) is 48.5 Å². The molecule has 0 saturated carbocycles. The van der Waals surface area contributed by atoms with Crippen molar-refractivity contribution in [3.63, 3.8) is 0 Å². The molecule has 0 aromatic heterocycles. The van der Waals surface area contributed by atoms with Gasteiger partial charge in [0, 0.05) is 24.9 Å². The first-order valence-corrected chi connectivity index (χ1v) is 7.58. The predicted octanol–water partition coefficient (Wildman–Crippen LogP) is 2.29. The van der Waals surface area contributed by atoms with Crippen LogP contribution in [0.25, 0.3) is 0 Å². The van der Waals surface area contributed by atoms with E-state index < -0.39 is 11.9 Å². The van der Waals surface area contributed by atoms with E-state index in [4.69, 9.17) is 4.74 Å². The van der Waals surface area contributed by atoms with Gasteiger partial charge in [-0.25, -0.2) is 4.39 Å². The maximum Gasteiger partial charge on any atom is 0.259 e. The summed E-state index contributed by atoms with van der Waals surface area (Å²) in [7, 11) is 1.55. The summed E-state index contributed by atoms with van der Waals surface area (Å²) in [6.45, 7) is 0.726. The van der Waals surface area contributed by atoms with E-state index in [1.807, 2.05) is 0 Å². The van der Waals surface area contributed by atoms with Gasteiger partial charge in [-0.2, -0.15) is 0 Å².